The highest BCUT2D eigenvalue weighted by atomic mass is 32.5. The average Bonchev–Trinajstić information content (AvgIpc) is 3.48. The van der Waals surface area contributed by atoms with Crippen molar-refractivity contribution < 1.29 is 47.6 Å². The molecule has 248 valence electrons. The maximum atomic E-state index is 15.3. The molecule has 0 bridgehead atoms. The molecule has 0 radical (unpaired) electrons. The summed E-state index contributed by atoms with van der Waals surface area (Å²) in [6.45, 7) is 14.6. The number of halogens is 12. The first-order valence-electron chi connectivity index (χ1n) is 12.7. The topological polar surface area (TPSA) is 56.3 Å². The zero-order valence-electron chi connectivity index (χ0n) is 23.2. The van der Waals surface area contributed by atoms with Gasteiger partial charge in [-0.3, -0.25) is 0 Å². The van der Waals surface area contributed by atoms with E-state index in [0.717, 1.165) is 24.3 Å². The Hall–Kier alpha value is -5.30. The smallest absolute Gasteiger partial charge is 0.207 e. The number of hydrogen-bond donors (Lipinski definition) is 0. The molecule has 0 N–H and O–H groups in total. The van der Waals surface area contributed by atoms with E-state index in [1.165, 1.54) is 12.1 Å². The van der Waals surface area contributed by atoms with Crippen molar-refractivity contribution in [2.24, 2.45) is 0 Å². The molecule has 0 unspecified atom stereocenters. The average molecular weight is 721 g/mol. The molecule has 0 spiro atoms. The Labute approximate surface area is 262 Å². The summed E-state index contributed by atoms with van der Waals surface area (Å²) in [5.74, 6) is -3.81. The molecular weight excluding hydrogens is 708 g/mol. The molecule has 0 heterocycles. The zero-order valence-corrected chi connectivity index (χ0v) is 24.8. The SMILES string of the molecule is [C-]#[N+]C([N+]#[C-])=C1Cc2c(S(F)(F)(F)(F)F)c3c(c(S(F)(F)(F)(F)F)c2=C1c1cccc(F)c1)CC(=C(C#N)C#N)C=3c1cccc(F)c1. The van der Waals surface area contributed by atoms with Gasteiger partial charge in [-0.1, -0.05) is 63.1 Å². The van der Waals surface area contributed by atoms with Gasteiger partial charge in [0.15, 0.2) is 0 Å². The molecule has 2 aliphatic carbocycles. The van der Waals surface area contributed by atoms with Crippen molar-refractivity contribution in [1.29, 1.82) is 10.5 Å². The second kappa shape index (κ2) is 9.19. The van der Waals surface area contributed by atoms with E-state index in [1.54, 1.807) is 0 Å². The highest BCUT2D eigenvalue weighted by molar-refractivity contribution is 8.46. The predicted molar refractivity (Wildman–Crippen MR) is 152 cm³/mol. The van der Waals surface area contributed by atoms with Crippen molar-refractivity contribution in [3.8, 4) is 12.1 Å². The van der Waals surface area contributed by atoms with Crippen molar-refractivity contribution in [2.75, 3.05) is 0 Å². The maximum Gasteiger partial charge on any atom is 0.523 e. The van der Waals surface area contributed by atoms with Gasteiger partial charge in [-0.2, -0.15) is 20.2 Å². The number of nitrogens with zero attached hydrogens (tertiary/aromatic N) is 4. The highest BCUT2D eigenvalue weighted by Gasteiger charge is 2.72. The molecular formula is C30H12F12N4S2. The van der Waals surface area contributed by atoms with Crippen LogP contribution in [0.3, 0.4) is 0 Å². The minimum Gasteiger partial charge on any atom is -0.207 e. The van der Waals surface area contributed by atoms with Crippen LogP contribution in [0.5, 0.6) is 0 Å². The van der Waals surface area contributed by atoms with Crippen molar-refractivity contribution in [3.63, 3.8) is 0 Å². The van der Waals surface area contributed by atoms with Crippen LogP contribution in [-0.4, -0.2) is 0 Å². The molecule has 0 saturated heterocycles. The van der Waals surface area contributed by atoms with E-state index < -0.39 is 121 Å². The summed E-state index contributed by atoms with van der Waals surface area (Å²) in [6, 6.07) is 7.69. The summed E-state index contributed by atoms with van der Waals surface area (Å²) in [7, 11) is -22.8. The maximum absolute atomic E-state index is 15.3. The van der Waals surface area contributed by atoms with Crippen LogP contribution in [0, 0.1) is 47.4 Å². The molecule has 0 aliphatic heterocycles. The van der Waals surface area contributed by atoms with Crippen molar-refractivity contribution >= 4 is 31.6 Å². The van der Waals surface area contributed by atoms with Crippen LogP contribution in [0.2, 0.25) is 0 Å². The molecule has 0 saturated carbocycles. The zero-order chi connectivity index (χ0) is 36.0. The van der Waals surface area contributed by atoms with Gasteiger partial charge in [0.05, 0.1) is 5.57 Å². The summed E-state index contributed by atoms with van der Waals surface area (Å²) in [5, 5.41) is 14.7. The number of rotatable bonds is 4. The number of nitriles is 2. The molecule has 0 aromatic heterocycles. The quantitative estimate of drug-likeness (QED) is 0.153. The third-order valence-electron chi connectivity index (χ3n) is 7.42. The van der Waals surface area contributed by atoms with Crippen molar-refractivity contribution in [3.05, 3.63) is 138 Å². The fraction of sp³-hybridized carbons (Fsp3) is 0.0667. The number of allylic oxidation sites excluding steroid dienone is 3. The molecule has 0 fully saturated rings. The van der Waals surface area contributed by atoms with Gasteiger partial charge < -0.3 is 0 Å². The van der Waals surface area contributed by atoms with Gasteiger partial charge in [0.1, 0.15) is 52.3 Å². The van der Waals surface area contributed by atoms with E-state index in [9.17, 15) is 19.3 Å². The lowest BCUT2D eigenvalue weighted by atomic mass is 9.95. The van der Waals surface area contributed by atoms with Crippen LogP contribution in [0.1, 0.15) is 22.3 Å². The van der Waals surface area contributed by atoms with Gasteiger partial charge in [-0.05, 0) is 69.7 Å². The van der Waals surface area contributed by atoms with E-state index in [4.69, 9.17) is 13.1 Å². The van der Waals surface area contributed by atoms with Crippen LogP contribution < -0.4 is 10.4 Å². The van der Waals surface area contributed by atoms with Gasteiger partial charge in [0.2, 0.25) is 0 Å². The third kappa shape index (κ3) is 5.63. The van der Waals surface area contributed by atoms with Crippen LogP contribution in [0.15, 0.2) is 80.9 Å². The first kappa shape index (κ1) is 34.0. The van der Waals surface area contributed by atoms with E-state index >= 15 is 38.9 Å². The lowest BCUT2D eigenvalue weighted by Gasteiger charge is -2.45. The Kier molecular flexibility index (Phi) is 6.52. The van der Waals surface area contributed by atoms with E-state index in [1.807, 2.05) is 0 Å². The second-order valence-corrected chi connectivity index (χ2v) is 15.2. The van der Waals surface area contributed by atoms with Gasteiger partial charge >= 0.3 is 26.3 Å². The Balaban J connectivity index is 2.35. The molecule has 0 amide bonds. The third-order valence-corrected chi connectivity index (χ3v) is 9.87. The predicted octanol–water partition coefficient (Wildman–Crippen LogP) is 10.2. The summed E-state index contributed by atoms with van der Waals surface area (Å²) in [5.41, 5.74) is -12.1. The Morgan fingerprint density at radius 2 is 1.00 bits per heavy atom. The van der Waals surface area contributed by atoms with E-state index in [2.05, 4.69) is 9.69 Å². The monoisotopic (exact) mass is 720 g/mol. The number of fused-ring (bicyclic) bond motifs is 2. The first-order chi connectivity index (χ1) is 21.7. The normalized spacial score (nSPS) is 17.0. The summed E-state index contributed by atoms with van der Waals surface area (Å²) in [6.07, 6.45) is -3.52. The summed E-state index contributed by atoms with van der Waals surface area (Å²) in [4.78, 5) is -0.767. The molecule has 5 rings (SSSR count). The first-order valence-corrected chi connectivity index (χ1v) is 16.6. The minimum atomic E-state index is -11.4. The lowest BCUT2D eigenvalue weighted by Crippen LogP contribution is -2.34. The van der Waals surface area contributed by atoms with Gasteiger partial charge in [-0.15, -0.1) is 0 Å². The molecule has 2 aliphatic rings. The van der Waals surface area contributed by atoms with Crippen molar-refractivity contribution in [1.82, 2.24) is 0 Å². The largest absolute Gasteiger partial charge is 0.523 e. The Morgan fingerprint density at radius 3 is 1.33 bits per heavy atom. The molecule has 48 heavy (non-hydrogen) atoms. The fourth-order valence-corrected chi connectivity index (χ4v) is 8.50. The van der Waals surface area contributed by atoms with Crippen LogP contribution in [-0.2, 0) is 12.8 Å². The standard InChI is InChI=1S/C30H12F12N4S2/c1-45-30(46-2)23-12-22-27(25(23)16-6-4-8-19(32)10-16)28(47(33,34,35,36)37)21-11-20(17(13-43)14-44)24(15-5-3-7-18(31)9-15)26(21)29(22)48(38,39,40,41)42/h3-10H,11-12H2. The van der Waals surface area contributed by atoms with Crippen LogP contribution >= 0.6 is 20.4 Å². The molecule has 0 atom stereocenters. The molecule has 4 nitrogen and oxygen atoms in total. The van der Waals surface area contributed by atoms with Crippen LogP contribution in [0.25, 0.3) is 20.8 Å². The molecule has 3 aromatic carbocycles. The van der Waals surface area contributed by atoms with E-state index in [0.29, 0.717) is 24.3 Å². The molecule has 18 heteroatoms. The Bertz CT molecular complexity index is 2220. The van der Waals surface area contributed by atoms with Gasteiger partial charge in [0, 0.05) is 16.9 Å². The van der Waals surface area contributed by atoms with E-state index in [-0.39, 0.29) is 0 Å². The van der Waals surface area contributed by atoms with Gasteiger partial charge in [-0.25, -0.2) is 8.78 Å². The minimum absolute atomic E-state index is 0.379. The van der Waals surface area contributed by atoms with Crippen molar-refractivity contribution in [2.45, 2.75) is 22.6 Å². The number of benzene rings is 3. The lowest BCUT2D eigenvalue weighted by molar-refractivity contribution is 0.352. The van der Waals surface area contributed by atoms with Crippen LogP contribution in [0.4, 0.5) is 47.6 Å². The molecule has 3 aromatic rings. The summed E-state index contributed by atoms with van der Waals surface area (Å²) < 4.78 is 182. The second-order valence-electron chi connectivity index (χ2n) is 10.5. The number of hydrogen-bond acceptors (Lipinski definition) is 2. The summed E-state index contributed by atoms with van der Waals surface area (Å²) >= 11 is 0. The van der Waals surface area contributed by atoms with Gasteiger partial charge in [0.25, 0.3) is 0 Å². The fourth-order valence-electron chi connectivity index (χ4n) is 6.00. The Morgan fingerprint density at radius 1 is 0.625 bits per heavy atom. The highest BCUT2D eigenvalue weighted by Crippen LogP contribution is 3.04.